The number of anilines is 1. The largest absolute Gasteiger partial charge is 0.493 e. The fourth-order valence-electron chi connectivity index (χ4n) is 2.19. The number of aryl methyl sites for hydroxylation is 2. The molecule has 0 aromatic heterocycles. The Morgan fingerprint density at radius 2 is 1.95 bits per heavy atom. The van der Waals surface area contributed by atoms with Gasteiger partial charge in [-0.3, -0.25) is 4.79 Å². The van der Waals surface area contributed by atoms with Crippen LogP contribution in [0.1, 0.15) is 28.4 Å². The van der Waals surface area contributed by atoms with Gasteiger partial charge in [-0.25, -0.2) is 0 Å². The summed E-state index contributed by atoms with van der Waals surface area (Å²) in [6, 6.07) is 11.3. The number of benzene rings is 2. The van der Waals surface area contributed by atoms with Crippen molar-refractivity contribution in [1.29, 1.82) is 0 Å². The van der Waals surface area contributed by atoms with Gasteiger partial charge in [-0.1, -0.05) is 18.2 Å². The predicted molar refractivity (Wildman–Crippen MR) is 89.2 cm³/mol. The zero-order valence-corrected chi connectivity index (χ0v) is 14.0. The van der Waals surface area contributed by atoms with Gasteiger partial charge in [-0.05, 0) is 66.0 Å². The van der Waals surface area contributed by atoms with Crippen molar-refractivity contribution < 1.29 is 9.53 Å². The first-order valence-corrected chi connectivity index (χ1v) is 7.62. The maximum atomic E-state index is 12.5. The second-order valence-electron chi connectivity index (χ2n) is 4.82. The molecule has 0 spiro atoms. The third-order valence-corrected chi connectivity index (χ3v) is 3.73. The average molecular weight is 348 g/mol. The molecule has 3 nitrogen and oxygen atoms in total. The normalized spacial score (nSPS) is 10.3. The monoisotopic (exact) mass is 347 g/mol. The van der Waals surface area contributed by atoms with E-state index < -0.39 is 0 Å². The van der Waals surface area contributed by atoms with Crippen molar-refractivity contribution in [1.82, 2.24) is 0 Å². The number of rotatable bonds is 4. The minimum Gasteiger partial charge on any atom is -0.493 e. The SMILES string of the molecule is CCOc1ccccc1C(=O)Nc1c(C)cc(C)cc1Br. The zero-order chi connectivity index (χ0) is 15.4. The second kappa shape index (κ2) is 6.76. The summed E-state index contributed by atoms with van der Waals surface area (Å²) in [5, 5.41) is 2.95. The molecule has 1 N–H and O–H groups in total. The highest BCUT2D eigenvalue weighted by Gasteiger charge is 2.14. The van der Waals surface area contributed by atoms with Crippen LogP contribution in [0.25, 0.3) is 0 Å². The minimum atomic E-state index is -0.174. The number of ether oxygens (including phenoxy) is 1. The van der Waals surface area contributed by atoms with Crippen LogP contribution in [0.5, 0.6) is 5.75 Å². The highest BCUT2D eigenvalue weighted by atomic mass is 79.9. The summed E-state index contributed by atoms with van der Waals surface area (Å²) in [5.41, 5.74) is 3.49. The van der Waals surface area contributed by atoms with Crippen molar-refractivity contribution in [3.63, 3.8) is 0 Å². The lowest BCUT2D eigenvalue weighted by Gasteiger charge is -2.14. The standard InChI is InChI=1S/C17H18BrNO2/c1-4-21-15-8-6-5-7-13(15)17(20)19-16-12(3)9-11(2)10-14(16)18/h5-10H,4H2,1-3H3,(H,19,20). The Bertz CT molecular complexity index is 645. The molecule has 0 bridgehead atoms. The number of carbonyl (C=O) groups excluding carboxylic acids is 1. The molecule has 1 amide bonds. The van der Waals surface area contributed by atoms with Gasteiger partial charge in [-0.15, -0.1) is 0 Å². The summed E-state index contributed by atoms with van der Waals surface area (Å²) in [6.45, 7) is 6.42. The predicted octanol–water partition coefficient (Wildman–Crippen LogP) is 4.72. The summed E-state index contributed by atoms with van der Waals surface area (Å²) < 4.78 is 6.38. The second-order valence-corrected chi connectivity index (χ2v) is 5.68. The molecule has 0 saturated carbocycles. The summed E-state index contributed by atoms with van der Waals surface area (Å²) in [7, 11) is 0. The van der Waals surface area contributed by atoms with Gasteiger partial charge in [0.15, 0.2) is 0 Å². The fourth-order valence-corrected chi connectivity index (χ4v) is 2.96. The van der Waals surface area contributed by atoms with E-state index in [2.05, 4.69) is 21.2 Å². The smallest absolute Gasteiger partial charge is 0.259 e. The van der Waals surface area contributed by atoms with Crippen LogP contribution >= 0.6 is 15.9 Å². The average Bonchev–Trinajstić information content (AvgIpc) is 2.43. The van der Waals surface area contributed by atoms with Crippen molar-refractivity contribution in [2.45, 2.75) is 20.8 Å². The van der Waals surface area contributed by atoms with Gasteiger partial charge in [0.25, 0.3) is 5.91 Å². The number of para-hydroxylation sites is 1. The molecule has 2 aromatic carbocycles. The topological polar surface area (TPSA) is 38.3 Å². The lowest BCUT2D eigenvalue weighted by Crippen LogP contribution is -2.15. The summed E-state index contributed by atoms with van der Waals surface area (Å²) in [4.78, 5) is 12.5. The molecule has 4 heteroatoms. The van der Waals surface area contributed by atoms with E-state index in [1.165, 1.54) is 0 Å². The van der Waals surface area contributed by atoms with Crippen LogP contribution in [-0.4, -0.2) is 12.5 Å². The number of hydrogen-bond donors (Lipinski definition) is 1. The van der Waals surface area contributed by atoms with Gasteiger partial charge in [0.05, 0.1) is 17.9 Å². The first-order valence-electron chi connectivity index (χ1n) is 6.83. The van der Waals surface area contributed by atoms with E-state index in [1.807, 2.05) is 45.0 Å². The Morgan fingerprint density at radius 3 is 2.62 bits per heavy atom. The van der Waals surface area contributed by atoms with Crippen LogP contribution in [0.4, 0.5) is 5.69 Å². The first kappa shape index (κ1) is 15.6. The van der Waals surface area contributed by atoms with Crippen molar-refractivity contribution >= 4 is 27.5 Å². The Hall–Kier alpha value is -1.81. The molecule has 0 aliphatic rings. The van der Waals surface area contributed by atoms with E-state index >= 15 is 0 Å². The van der Waals surface area contributed by atoms with E-state index in [4.69, 9.17) is 4.74 Å². The van der Waals surface area contributed by atoms with Gasteiger partial charge in [0.1, 0.15) is 5.75 Å². The molecule has 0 atom stereocenters. The van der Waals surface area contributed by atoms with Gasteiger partial charge in [-0.2, -0.15) is 0 Å². The molecule has 0 aliphatic heterocycles. The summed E-state index contributed by atoms with van der Waals surface area (Å²) >= 11 is 3.50. The molecule has 0 fully saturated rings. The number of halogens is 1. The van der Waals surface area contributed by atoms with Gasteiger partial charge >= 0.3 is 0 Å². The molecular formula is C17H18BrNO2. The summed E-state index contributed by atoms with van der Waals surface area (Å²) in [6.07, 6.45) is 0. The Labute approximate surface area is 133 Å². The van der Waals surface area contributed by atoms with Crippen LogP contribution in [0.3, 0.4) is 0 Å². The Morgan fingerprint density at radius 1 is 1.24 bits per heavy atom. The maximum Gasteiger partial charge on any atom is 0.259 e. The molecule has 21 heavy (non-hydrogen) atoms. The van der Waals surface area contributed by atoms with Crippen molar-refractivity contribution in [2.24, 2.45) is 0 Å². The van der Waals surface area contributed by atoms with Crippen LogP contribution in [0, 0.1) is 13.8 Å². The van der Waals surface area contributed by atoms with Crippen molar-refractivity contribution in [3.8, 4) is 5.75 Å². The molecular weight excluding hydrogens is 330 g/mol. The number of nitrogens with one attached hydrogen (secondary N) is 1. The van der Waals surface area contributed by atoms with E-state index in [0.29, 0.717) is 17.9 Å². The van der Waals surface area contributed by atoms with Crippen LogP contribution in [0.15, 0.2) is 40.9 Å². The van der Waals surface area contributed by atoms with E-state index in [-0.39, 0.29) is 5.91 Å². The molecule has 0 aliphatic carbocycles. The molecule has 2 aromatic rings. The van der Waals surface area contributed by atoms with Gasteiger partial charge < -0.3 is 10.1 Å². The third kappa shape index (κ3) is 3.64. The minimum absolute atomic E-state index is 0.174. The number of carbonyl (C=O) groups is 1. The van der Waals surface area contributed by atoms with Crippen LogP contribution < -0.4 is 10.1 Å². The van der Waals surface area contributed by atoms with Crippen LogP contribution in [-0.2, 0) is 0 Å². The van der Waals surface area contributed by atoms with Crippen molar-refractivity contribution in [2.75, 3.05) is 11.9 Å². The zero-order valence-electron chi connectivity index (χ0n) is 12.4. The highest BCUT2D eigenvalue weighted by Crippen LogP contribution is 2.29. The lowest BCUT2D eigenvalue weighted by atomic mass is 10.1. The molecule has 0 radical (unpaired) electrons. The van der Waals surface area contributed by atoms with E-state index in [9.17, 15) is 4.79 Å². The molecule has 0 unspecified atom stereocenters. The quantitative estimate of drug-likeness (QED) is 0.868. The Balaban J connectivity index is 2.31. The number of amides is 1. The molecule has 110 valence electrons. The van der Waals surface area contributed by atoms with Crippen LogP contribution in [0.2, 0.25) is 0 Å². The molecule has 0 heterocycles. The third-order valence-electron chi connectivity index (χ3n) is 3.10. The van der Waals surface area contributed by atoms with Gasteiger partial charge in [0, 0.05) is 4.47 Å². The lowest BCUT2D eigenvalue weighted by molar-refractivity contribution is 0.102. The Kier molecular flexibility index (Phi) is 5.02. The maximum absolute atomic E-state index is 12.5. The van der Waals surface area contributed by atoms with E-state index in [0.717, 1.165) is 21.3 Å². The van der Waals surface area contributed by atoms with Gasteiger partial charge in [0.2, 0.25) is 0 Å². The molecule has 2 rings (SSSR count). The highest BCUT2D eigenvalue weighted by molar-refractivity contribution is 9.10. The van der Waals surface area contributed by atoms with E-state index in [1.54, 1.807) is 12.1 Å². The van der Waals surface area contributed by atoms with Crippen molar-refractivity contribution in [3.05, 3.63) is 57.6 Å². The summed E-state index contributed by atoms with van der Waals surface area (Å²) in [5.74, 6) is 0.421. The molecule has 0 saturated heterocycles. The first-order chi connectivity index (χ1) is 10.0. The number of hydrogen-bond acceptors (Lipinski definition) is 2. The fraction of sp³-hybridized carbons (Fsp3) is 0.235.